The predicted molar refractivity (Wildman–Crippen MR) is 79.4 cm³/mol. The van der Waals surface area contributed by atoms with E-state index in [4.69, 9.17) is 0 Å². The minimum atomic E-state index is -0.667. The minimum Gasteiger partial charge on any atom is -0.480 e. The van der Waals surface area contributed by atoms with Gasteiger partial charge in [-0.2, -0.15) is 0 Å². The third-order valence-corrected chi connectivity index (χ3v) is 4.19. The van der Waals surface area contributed by atoms with Crippen LogP contribution in [0.4, 0.5) is 0 Å². The van der Waals surface area contributed by atoms with E-state index < -0.39 is 5.97 Å². The Hall–Kier alpha value is -0.570. The summed E-state index contributed by atoms with van der Waals surface area (Å²) in [5.74, 6) is -0.667. The molecule has 1 saturated carbocycles. The molecule has 19 heavy (non-hydrogen) atoms. The first-order valence-corrected chi connectivity index (χ1v) is 8.23. The first-order chi connectivity index (χ1) is 9.24. The molecule has 112 valence electrons. The molecule has 0 amide bonds. The zero-order chi connectivity index (χ0) is 13.9. The smallest absolute Gasteiger partial charge is 0.320 e. The van der Waals surface area contributed by atoms with Gasteiger partial charge >= 0.3 is 5.97 Å². The fourth-order valence-corrected chi connectivity index (χ4v) is 2.96. The van der Waals surface area contributed by atoms with Gasteiger partial charge in [-0.3, -0.25) is 4.79 Å². The van der Waals surface area contributed by atoms with Crippen molar-refractivity contribution >= 4 is 5.97 Å². The van der Waals surface area contributed by atoms with Crippen LogP contribution in [-0.4, -0.2) is 23.2 Å². The van der Waals surface area contributed by atoms with E-state index in [1.807, 2.05) is 0 Å². The third-order valence-electron chi connectivity index (χ3n) is 4.19. The van der Waals surface area contributed by atoms with Crippen LogP contribution in [0.5, 0.6) is 0 Å². The molecule has 0 radical (unpaired) electrons. The number of carboxylic acid groups (broad SMARTS) is 1. The molecule has 1 rings (SSSR count). The van der Waals surface area contributed by atoms with Crippen molar-refractivity contribution in [1.29, 1.82) is 0 Å². The van der Waals surface area contributed by atoms with Crippen molar-refractivity contribution in [3.63, 3.8) is 0 Å². The van der Waals surface area contributed by atoms with Gasteiger partial charge in [0.15, 0.2) is 0 Å². The first kappa shape index (κ1) is 16.5. The van der Waals surface area contributed by atoms with Gasteiger partial charge in [0, 0.05) is 6.04 Å². The fraction of sp³-hybridized carbons (Fsp3) is 0.938. The van der Waals surface area contributed by atoms with Crippen LogP contribution in [0.1, 0.15) is 84.0 Å². The van der Waals surface area contributed by atoms with E-state index >= 15 is 0 Å². The lowest BCUT2D eigenvalue weighted by Crippen LogP contribution is -2.43. The Bertz CT molecular complexity index is 235. The van der Waals surface area contributed by atoms with Crippen LogP contribution in [0.15, 0.2) is 0 Å². The predicted octanol–water partition coefficient (Wildman–Crippen LogP) is 4.11. The third kappa shape index (κ3) is 7.56. The number of carboxylic acids is 1. The van der Waals surface area contributed by atoms with E-state index in [2.05, 4.69) is 12.2 Å². The van der Waals surface area contributed by atoms with Gasteiger partial charge in [-0.1, -0.05) is 64.7 Å². The molecular formula is C16H31NO2. The highest BCUT2D eigenvalue weighted by molar-refractivity contribution is 5.73. The summed E-state index contributed by atoms with van der Waals surface area (Å²) in [7, 11) is 0. The van der Waals surface area contributed by atoms with Crippen LogP contribution in [0, 0.1) is 0 Å². The van der Waals surface area contributed by atoms with E-state index in [0.717, 1.165) is 25.7 Å². The molecule has 0 aliphatic heterocycles. The number of unbranched alkanes of at least 4 members (excludes halogenated alkanes) is 4. The molecule has 0 bridgehead atoms. The second-order valence-corrected chi connectivity index (χ2v) is 5.95. The van der Waals surface area contributed by atoms with E-state index in [0.29, 0.717) is 6.04 Å². The number of aliphatic carboxylic acids is 1. The van der Waals surface area contributed by atoms with Crippen LogP contribution in [-0.2, 0) is 4.79 Å². The average molecular weight is 269 g/mol. The van der Waals surface area contributed by atoms with Gasteiger partial charge in [0.1, 0.15) is 6.04 Å². The van der Waals surface area contributed by atoms with E-state index in [-0.39, 0.29) is 6.04 Å². The molecule has 1 aliphatic carbocycles. The number of carbonyl (C=O) groups is 1. The molecule has 0 aromatic rings. The van der Waals surface area contributed by atoms with E-state index in [1.54, 1.807) is 0 Å². The summed E-state index contributed by atoms with van der Waals surface area (Å²) in [6.45, 7) is 2.20. The summed E-state index contributed by atoms with van der Waals surface area (Å²) in [6, 6.07) is 0.101. The Morgan fingerprint density at radius 1 is 1.11 bits per heavy atom. The van der Waals surface area contributed by atoms with Gasteiger partial charge in [0.25, 0.3) is 0 Å². The topological polar surface area (TPSA) is 49.3 Å². The zero-order valence-corrected chi connectivity index (χ0v) is 12.5. The van der Waals surface area contributed by atoms with Crippen molar-refractivity contribution in [3.05, 3.63) is 0 Å². The van der Waals surface area contributed by atoms with Crippen molar-refractivity contribution in [2.45, 2.75) is 96.1 Å². The fourth-order valence-electron chi connectivity index (χ4n) is 2.96. The SMILES string of the molecule is CCCCCCCC(NC1CCCCCC1)C(=O)O. The highest BCUT2D eigenvalue weighted by Gasteiger charge is 2.21. The first-order valence-electron chi connectivity index (χ1n) is 8.23. The number of rotatable bonds is 9. The largest absolute Gasteiger partial charge is 0.480 e. The van der Waals surface area contributed by atoms with Crippen molar-refractivity contribution in [3.8, 4) is 0 Å². The number of hydrogen-bond acceptors (Lipinski definition) is 2. The van der Waals surface area contributed by atoms with Crippen LogP contribution < -0.4 is 5.32 Å². The Morgan fingerprint density at radius 3 is 2.32 bits per heavy atom. The van der Waals surface area contributed by atoms with Gasteiger partial charge in [-0.15, -0.1) is 0 Å². The van der Waals surface area contributed by atoms with Crippen molar-refractivity contribution in [1.82, 2.24) is 5.32 Å². The summed E-state index contributed by atoms with van der Waals surface area (Å²) >= 11 is 0. The zero-order valence-electron chi connectivity index (χ0n) is 12.5. The van der Waals surface area contributed by atoms with Gasteiger partial charge < -0.3 is 10.4 Å². The highest BCUT2D eigenvalue weighted by Crippen LogP contribution is 2.18. The molecule has 0 aromatic heterocycles. The minimum absolute atomic E-state index is 0.329. The molecule has 1 unspecified atom stereocenters. The van der Waals surface area contributed by atoms with Crippen molar-refractivity contribution in [2.24, 2.45) is 0 Å². The average Bonchev–Trinajstić information content (AvgIpc) is 2.65. The lowest BCUT2D eigenvalue weighted by molar-refractivity contribution is -0.140. The summed E-state index contributed by atoms with van der Waals surface area (Å²) in [5.41, 5.74) is 0. The van der Waals surface area contributed by atoms with Crippen LogP contribution in [0.2, 0.25) is 0 Å². The molecule has 0 spiro atoms. The standard InChI is InChI=1S/C16H31NO2/c1-2-3-4-5-10-13-15(16(18)19)17-14-11-8-6-7-9-12-14/h14-15,17H,2-13H2,1H3,(H,18,19). The summed E-state index contributed by atoms with van der Waals surface area (Å²) in [6.07, 6.45) is 14.2. The Morgan fingerprint density at radius 2 is 1.74 bits per heavy atom. The molecular weight excluding hydrogens is 238 g/mol. The molecule has 1 atom stereocenters. The van der Waals surface area contributed by atoms with Crippen LogP contribution >= 0.6 is 0 Å². The van der Waals surface area contributed by atoms with Gasteiger partial charge in [-0.25, -0.2) is 0 Å². The monoisotopic (exact) mass is 269 g/mol. The Kier molecular flexibility index (Phi) is 8.89. The van der Waals surface area contributed by atoms with Gasteiger partial charge in [-0.05, 0) is 19.3 Å². The summed E-state index contributed by atoms with van der Waals surface area (Å²) in [4.78, 5) is 11.3. The molecule has 3 nitrogen and oxygen atoms in total. The highest BCUT2D eigenvalue weighted by atomic mass is 16.4. The molecule has 0 heterocycles. The molecule has 1 fully saturated rings. The second kappa shape index (κ2) is 10.2. The maximum Gasteiger partial charge on any atom is 0.320 e. The lowest BCUT2D eigenvalue weighted by atomic mass is 10.0. The van der Waals surface area contributed by atoms with Gasteiger partial charge in [0.05, 0.1) is 0 Å². The summed E-state index contributed by atoms with van der Waals surface area (Å²) in [5, 5.41) is 12.7. The molecule has 0 saturated heterocycles. The van der Waals surface area contributed by atoms with Crippen LogP contribution in [0.25, 0.3) is 0 Å². The number of hydrogen-bond donors (Lipinski definition) is 2. The molecule has 0 aromatic carbocycles. The maximum absolute atomic E-state index is 11.3. The Balaban J connectivity index is 2.24. The normalized spacial score (nSPS) is 19.0. The second-order valence-electron chi connectivity index (χ2n) is 5.95. The van der Waals surface area contributed by atoms with E-state index in [1.165, 1.54) is 51.4 Å². The number of nitrogens with one attached hydrogen (secondary N) is 1. The lowest BCUT2D eigenvalue weighted by Gasteiger charge is -2.22. The molecule has 2 N–H and O–H groups in total. The van der Waals surface area contributed by atoms with Crippen molar-refractivity contribution < 1.29 is 9.90 Å². The van der Waals surface area contributed by atoms with Crippen molar-refractivity contribution in [2.75, 3.05) is 0 Å². The maximum atomic E-state index is 11.3. The van der Waals surface area contributed by atoms with Gasteiger partial charge in [0.2, 0.25) is 0 Å². The molecule has 1 aliphatic rings. The van der Waals surface area contributed by atoms with Crippen LogP contribution in [0.3, 0.4) is 0 Å². The Labute approximate surface area is 118 Å². The summed E-state index contributed by atoms with van der Waals surface area (Å²) < 4.78 is 0. The van der Waals surface area contributed by atoms with E-state index in [9.17, 15) is 9.90 Å². The molecule has 3 heteroatoms. The quantitative estimate of drug-likeness (QED) is 0.489.